The maximum Gasteiger partial charge on any atom is 0.266 e. The Balaban J connectivity index is 1.69. The number of hydrogen-bond donors (Lipinski definition) is 2. The summed E-state index contributed by atoms with van der Waals surface area (Å²) in [5.41, 5.74) is 2.38. The van der Waals surface area contributed by atoms with Gasteiger partial charge in [0.15, 0.2) is 11.2 Å². The second-order valence-electron chi connectivity index (χ2n) is 4.63. The van der Waals surface area contributed by atoms with E-state index in [2.05, 4.69) is 20.5 Å². The SMILES string of the molecule is O=C(Nc1nnc2ccccn12)c1ccc2[nH]c(=S)oc2c1. The van der Waals surface area contributed by atoms with E-state index in [0.717, 1.165) is 5.52 Å². The monoisotopic (exact) mass is 311 g/mol. The molecule has 0 bridgehead atoms. The van der Waals surface area contributed by atoms with Crippen LogP contribution in [0, 0.1) is 4.84 Å². The Morgan fingerprint density at radius 3 is 3.09 bits per heavy atom. The first kappa shape index (κ1) is 12.7. The fraction of sp³-hybridized carbons (Fsp3) is 0. The maximum atomic E-state index is 12.3. The van der Waals surface area contributed by atoms with Crippen molar-refractivity contribution in [2.24, 2.45) is 0 Å². The highest BCUT2D eigenvalue weighted by molar-refractivity contribution is 7.71. The quantitative estimate of drug-likeness (QED) is 0.556. The molecule has 1 aromatic carbocycles. The standard InChI is InChI=1S/C14H9N5O2S/c20-12(8-4-5-9-10(7-8)21-14(22)15-9)16-13-18-17-11-3-1-2-6-19(11)13/h1-7H,(H,15,22)(H,16,18,20). The number of aromatic amines is 1. The zero-order valence-electron chi connectivity index (χ0n) is 11.1. The molecule has 1 amide bonds. The molecule has 0 saturated heterocycles. The van der Waals surface area contributed by atoms with Crippen LogP contribution in [0.1, 0.15) is 10.4 Å². The van der Waals surface area contributed by atoms with E-state index in [1.807, 2.05) is 12.1 Å². The number of aromatic nitrogens is 4. The minimum atomic E-state index is -0.303. The summed E-state index contributed by atoms with van der Waals surface area (Å²) >= 11 is 4.92. The lowest BCUT2D eigenvalue weighted by molar-refractivity contribution is 0.102. The Bertz CT molecular complexity index is 1060. The first-order valence-electron chi connectivity index (χ1n) is 6.45. The van der Waals surface area contributed by atoms with Crippen LogP contribution in [0.15, 0.2) is 47.0 Å². The summed E-state index contributed by atoms with van der Waals surface area (Å²) in [5, 5.41) is 10.7. The van der Waals surface area contributed by atoms with E-state index in [9.17, 15) is 4.79 Å². The molecule has 0 atom stereocenters. The molecule has 3 aromatic heterocycles. The summed E-state index contributed by atoms with van der Waals surface area (Å²) in [6.45, 7) is 0. The molecular weight excluding hydrogens is 302 g/mol. The number of nitrogens with zero attached hydrogens (tertiary/aromatic N) is 3. The van der Waals surface area contributed by atoms with Crippen LogP contribution in [-0.4, -0.2) is 25.5 Å². The number of pyridine rings is 1. The Labute approximate surface area is 128 Å². The van der Waals surface area contributed by atoms with Crippen LogP contribution in [0.3, 0.4) is 0 Å². The number of oxazole rings is 1. The molecule has 4 aromatic rings. The summed E-state index contributed by atoms with van der Waals surface area (Å²) in [6, 6.07) is 10.5. The van der Waals surface area contributed by atoms with Crippen molar-refractivity contribution in [2.45, 2.75) is 0 Å². The third-order valence-corrected chi connectivity index (χ3v) is 3.41. The van der Waals surface area contributed by atoms with Crippen LogP contribution >= 0.6 is 12.2 Å². The Morgan fingerprint density at radius 2 is 2.18 bits per heavy atom. The number of H-pyrrole nitrogens is 1. The molecule has 7 nitrogen and oxygen atoms in total. The van der Waals surface area contributed by atoms with E-state index in [1.165, 1.54) is 0 Å². The predicted molar refractivity (Wildman–Crippen MR) is 82.3 cm³/mol. The molecular formula is C14H9N5O2S. The molecule has 0 aliphatic heterocycles. The minimum absolute atomic E-state index is 0.274. The lowest BCUT2D eigenvalue weighted by atomic mass is 10.2. The van der Waals surface area contributed by atoms with E-state index in [4.69, 9.17) is 16.6 Å². The van der Waals surface area contributed by atoms with Crippen molar-refractivity contribution in [3.63, 3.8) is 0 Å². The van der Waals surface area contributed by atoms with Gasteiger partial charge in [0, 0.05) is 11.8 Å². The Kier molecular flexibility index (Phi) is 2.76. The van der Waals surface area contributed by atoms with Gasteiger partial charge in [0.05, 0.1) is 5.52 Å². The number of benzene rings is 1. The van der Waals surface area contributed by atoms with Crippen LogP contribution in [0.25, 0.3) is 16.7 Å². The topological polar surface area (TPSA) is 88.2 Å². The van der Waals surface area contributed by atoms with Crippen molar-refractivity contribution < 1.29 is 9.21 Å². The van der Waals surface area contributed by atoms with Crippen molar-refractivity contribution in [3.8, 4) is 0 Å². The second-order valence-corrected chi connectivity index (χ2v) is 5.00. The summed E-state index contributed by atoms with van der Waals surface area (Å²) in [5.74, 6) is 0.0537. The van der Waals surface area contributed by atoms with Crippen LogP contribution < -0.4 is 5.32 Å². The molecule has 0 spiro atoms. The van der Waals surface area contributed by atoms with Gasteiger partial charge in [-0.3, -0.25) is 14.5 Å². The van der Waals surface area contributed by atoms with Crippen molar-refractivity contribution in [3.05, 3.63) is 53.0 Å². The second kappa shape index (κ2) is 4.78. The van der Waals surface area contributed by atoms with Gasteiger partial charge in [-0.15, -0.1) is 10.2 Å². The Hall–Kier alpha value is -3.00. The summed E-state index contributed by atoms with van der Waals surface area (Å²) in [4.78, 5) is 15.5. The fourth-order valence-electron chi connectivity index (χ4n) is 2.19. The molecule has 0 aliphatic carbocycles. The summed E-state index contributed by atoms with van der Waals surface area (Å²) in [7, 11) is 0. The molecule has 0 unspecified atom stereocenters. The molecule has 22 heavy (non-hydrogen) atoms. The fourth-order valence-corrected chi connectivity index (χ4v) is 2.39. The lowest BCUT2D eigenvalue weighted by Gasteiger charge is -2.03. The van der Waals surface area contributed by atoms with Gasteiger partial charge in [-0.25, -0.2) is 0 Å². The molecule has 4 rings (SSSR count). The van der Waals surface area contributed by atoms with E-state index in [1.54, 1.807) is 34.9 Å². The number of rotatable bonds is 2. The normalized spacial score (nSPS) is 11.1. The van der Waals surface area contributed by atoms with Gasteiger partial charge >= 0.3 is 0 Å². The lowest BCUT2D eigenvalue weighted by Crippen LogP contribution is -2.14. The van der Waals surface area contributed by atoms with Gasteiger partial charge in [0.25, 0.3) is 10.7 Å². The first-order chi connectivity index (χ1) is 10.7. The molecule has 0 aliphatic rings. The molecule has 108 valence electrons. The van der Waals surface area contributed by atoms with Crippen LogP contribution in [0.5, 0.6) is 0 Å². The third kappa shape index (κ3) is 2.06. The van der Waals surface area contributed by atoms with Crippen LogP contribution in [0.4, 0.5) is 5.95 Å². The highest BCUT2D eigenvalue weighted by atomic mass is 32.1. The van der Waals surface area contributed by atoms with E-state index < -0.39 is 0 Å². The van der Waals surface area contributed by atoms with Gasteiger partial charge < -0.3 is 9.40 Å². The number of fused-ring (bicyclic) bond motifs is 2. The molecule has 8 heteroatoms. The number of carbonyl (C=O) groups excluding carboxylic acids is 1. The number of carbonyl (C=O) groups is 1. The van der Waals surface area contributed by atoms with Crippen molar-refractivity contribution in [1.29, 1.82) is 0 Å². The van der Waals surface area contributed by atoms with Crippen LogP contribution in [-0.2, 0) is 0 Å². The summed E-state index contributed by atoms with van der Waals surface area (Å²) < 4.78 is 7.00. The molecule has 3 heterocycles. The first-order valence-corrected chi connectivity index (χ1v) is 6.85. The largest absolute Gasteiger partial charge is 0.429 e. The zero-order chi connectivity index (χ0) is 15.1. The number of nitrogens with one attached hydrogen (secondary N) is 2. The molecule has 0 radical (unpaired) electrons. The van der Waals surface area contributed by atoms with E-state index in [0.29, 0.717) is 22.7 Å². The van der Waals surface area contributed by atoms with E-state index in [-0.39, 0.29) is 10.7 Å². The third-order valence-electron chi connectivity index (χ3n) is 3.22. The molecule has 0 saturated carbocycles. The smallest absolute Gasteiger partial charge is 0.266 e. The number of amides is 1. The van der Waals surface area contributed by atoms with Gasteiger partial charge in [-0.05, 0) is 42.5 Å². The highest BCUT2D eigenvalue weighted by Gasteiger charge is 2.12. The van der Waals surface area contributed by atoms with Crippen molar-refractivity contribution in [2.75, 3.05) is 5.32 Å². The minimum Gasteiger partial charge on any atom is -0.429 e. The molecule has 0 fully saturated rings. The van der Waals surface area contributed by atoms with Crippen molar-refractivity contribution >= 4 is 40.8 Å². The average Bonchev–Trinajstić information content (AvgIpc) is 3.09. The highest BCUT2D eigenvalue weighted by Crippen LogP contribution is 2.16. The summed E-state index contributed by atoms with van der Waals surface area (Å²) in [6.07, 6.45) is 1.78. The van der Waals surface area contributed by atoms with Crippen LogP contribution in [0.2, 0.25) is 0 Å². The van der Waals surface area contributed by atoms with Crippen molar-refractivity contribution in [1.82, 2.24) is 19.6 Å². The Morgan fingerprint density at radius 1 is 1.27 bits per heavy atom. The number of anilines is 1. The predicted octanol–water partition coefficient (Wildman–Crippen LogP) is 2.79. The zero-order valence-corrected chi connectivity index (χ0v) is 11.9. The van der Waals surface area contributed by atoms with Gasteiger partial charge in [0.1, 0.15) is 0 Å². The molecule has 2 N–H and O–H groups in total. The van der Waals surface area contributed by atoms with Gasteiger partial charge in [-0.2, -0.15) is 0 Å². The average molecular weight is 311 g/mol. The van der Waals surface area contributed by atoms with E-state index >= 15 is 0 Å². The number of hydrogen-bond acceptors (Lipinski definition) is 5. The van der Waals surface area contributed by atoms with Gasteiger partial charge in [0.2, 0.25) is 5.95 Å². The van der Waals surface area contributed by atoms with Gasteiger partial charge in [-0.1, -0.05) is 6.07 Å². The maximum absolute atomic E-state index is 12.3.